The molecule has 1 N–H and O–H groups in total. The number of carbonyl (C=O) groups is 1. The zero-order valence-corrected chi connectivity index (χ0v) is 5.73. The van der Waals surface area contributed by atoms with E-state index in [-0.39, 0.29) is 5.69 Å². The Morgan fingerprint density at radius 1 is 1.91 bits per heavy atom. The highest BCUT2D eigenvalue weighted by Crippen LogP contribution is 2.14. The van der Waals surface area contributed by atoms with Crippen LogP contribution < -0.4 is 0 Å². The number of nitrogens with zero attached hydrogens (tertiary/aromatic N) is 3. The maximum atomic E-state index is 12.7. The summed E-state index contributed by atoms with van der Waals surface area (Å²) in [4.78, 5) is 10.1. The van der Waals surface area contributed by atoms with Gasteiger partial charge >= 0.3 is 5.97 Å². The van der Waals surface area contributed by atoms with Gasteiger partial charge in [0.2, 0.25) is 6.17 Å². The minimum absolute atomic E-state index is 0.0579. The zero-order chi connectivity index (χ0) is 8.43. The highest BCUT2D eigenvalue weighted by Gasteiger charge is 2.21. The van der Waals surface area contributed by atoms with Gasteiger partial charge in [0.1, 0.15) is 5.69 Å². The molecule has 1 atom stereocenters. The second kappa shape index (κ2) is 2.65. The molecule has 6 heteroatoms. The van der Waals surface area contributed by atoms with Crippen LogP contribution >= 0.6 is 0 Å². The van der Waals surface area contributed by atoms with Crippen molar-refractivity contribution >= 4 is 5.97 Å². The Kier molecular flexibility index (Phi) is 1.84. The fourth-order valence-corrected chi connectivity index (χ4v) is 0.654. The maximum Gasteiger partial charge on any atom is 0.344 e. The van der Waals surface area contributed by atoms with Crippen LogP contribution in [0, 0.1) is 0 Å². The van der Waals surface area contributed by atoms with Crippen LogP contribution in [0.25, 0.3) is 0 Å². The van der Waals surface area contributed by atoms with Gasteiger partial charge in [0.15, 0.2) is 0 Å². The van der Waals surface area contributed by atoms with Crippen LogP contribution in [0.2, 0.25) is 0 Å². The second-order valence-electron chi connectivity index (χ2n) is 1.98. The second-order valence-corrected chi connectivity index (χ2v) is 1.98. The molecule has 60 valence electrons. The van der Waals surface area contributed by atoms with Gasteiger partial charge in [-0.15, -0.1) is 5.10 Å². The number of aliphatic carboxylic acids is 1. The molecule has 1 heterocycles. The standard InChI is InChI=1S/C5H6FN3O2/c1-9-3(2-7-8-9)4(6)5(10)11/h2,4H,1H3,(H,10,11). The lowest BCUT2D eigenvalue weighted by Gasteiger charge is -2.00. The molecule has 0 aliphatic rings. The number of hydrogen-bond acceptors (Lipinski definition) is 3. The molecule has 0 fully saturated rings. The summed E-state index contributed by atoms with van der Waals surface area (Å²) in [5.74, 6) is -1.53. The highest BCUT2D eigenvalue weighted by atomic mass is 19.1. The number of rotatable bonds is 2. The summed E-state index contributed by atoms with van der Waals surface area (Å²) in [6.45, 7) is 0. The van der Waals surface area contributed by atoms with Crippen molar-refractivity contribution in [3.05, 3.63) is 11.9 Å². The molecule has 1 aromatic rings. The van der Waals surface area contributed by atoms with E-state index >= 15 is 0 Å². The van der Waals surface area contributed by atoms with Gasteiger partial charge in [-0.1, -0.05) is 5.21 Å². The van der Waals surface area contributed by atoms with E-state index in [0.717, 1.165) is 10.9 Å². The van der Waals surface area contributed by atoms with E-state index in [1.165, 1.54) is 7.05 Å². The number of carboxylic acid groups (broad SMARTS) is 1. The molecule has 0 saturated carbocycles. The number of aryl methyl sites for hydroxylation is 1. The van der Waals surface area contributed by atoms with Crippen molar-refractivity contribution in [3.63, 3.8) is 0 Å². The lowest BCUT2D eigenvalue weighted by Crippen LogP contribution is -2.10. The van der Waals surface area contributed by atoms with Gasteiger partial charge in [-0.25, -0.2) is 13.9 Å². The van der Waals surface area contributed by atoms with E-state index in [0.29, 0.717) is 0 Å². The van der Waals surface area contributed by atoms with E-state index < -0.39 is 12.1 Å². The first kappa shape index (κ1) is 7.64. The first-order valence-electron chi connectivity index (χ1n) is 2.84. The molecule has 0 aliphatic heterocycles. The van der Waals surface area contributed by atoms with Crippen molar-refractivity contribution in [1.29, 1.82) is 0 Å². The summed E-state index contributed by atoms with van der Waals surface area (Å²) in [7, 11) is 1.43. The minimum atomic E-state index is -2.05. The summed E-state index contributed by atoms with van der Waals surface area (Å²) in [6, 6.07) is 0. The van der Waals surface area contributed by atoms with Crippen LogP contribution in [-0.4, -0.2) is 26.1 Å². The quantitative estimate of drug-likeness (QED) is 0.654. The molecule has 0 aromatic carbocycles. The van der Waals surface area contributed by atoms with E-state index in [4.69, 9.17) is 5.11 Å². The molecule has 0 aliphatic carbocycles. The number of aromatic nitrogens is 3. The van der Waals surface area contributed by atoms with Crippen molar-refractivity contribution in [1.82, 2.24) is 15.0 Å². The van der Waals surface area contributed by atoms with Gasteiger partial charge < -0.3 is 5.11 Å². The van der Waals surface area contributed by atoms with Crippen molar-refractivity contribution < 1.29 is 14.3 Å². The summed E-state index contributed by atoms with van der Waals surface area (Å²) in [5, 5.41) is 15.0. The average molecular weight is 159 g/mol. The molecule has 0 spiro atoms. The number of carboxylic acids is 1. The Balaban J connectivity index is 2.92. The van der Waals surface area contributed by atoms with E-state index in [2.05, 4.69) is 10.3 Å². The Bertz CT molecular complexity index is 272. The zero-order valence-electron chi connectivity index (χ0n) is 5.73. The molecule has 1 rings (SSSR count). The Morgan fingerprint density at radius 3 is 2.91 bits per heavy atom. The number of halogens is 1. The predicted octanol–water partition coefficient (Wildman–Crippen LogP) is -0.0897. The Labute approximate surface area is 61.4 Å². The SMILES string of the molecule is Cn1nncc1C(F)C(=O)O. The highest BCUT2D eigenvalue weighted by molar-refractivity contribution is 5.73. The lowest BCUT2D eigenvalue weighted by molar-refractivity contribution is -0.143. The molecule has 0 saturated heterocycles. The monoisotopic (exact) mass is 159 g/mol. The van der Waals surface area contributed by atoms with Crippen LogP contribution in [0.15, 0.2) is 6.20 Å². The molecule has 1 aromatic heterocycles. The van der Waals surface area contributed by atoms with Crippen molar-refractivity contribution in [3.8, 4) is 0 Å². The van der Waals surface area contributed by atoms with E-state index in [1.54, 1.807) is 0 Å². The predicted molar refractivity (Wildman–Crippen MR) is 32.5 cm³/mol. The van der Waals surface area contributed by atoms with Gasteiger partial charge in [-0.05, 0) is 0 Å². The molecule has 1 unspecified atom stereocenters. The van der Waals surface area contributed by atoms with Crippen LogP contribution in [0.1, 0.15) is 11.9 Å². The van der Waals surface area contributed by atoms with Crippen LogP contribution in [0.4, 0.5) is 4.39 Å². The van der Waals surface area contributed by atoms with Crippen molar-refractivity contribution in [2.75, 3.05) is 0 Å². The summed E-state index contributed by atoms with van der Waals surface area (Å²) in [5.41, 5.74) is -0.0579. The Morgan fingerprint density at radius 2 is 2.55 bits per heavy atom. The van der Waals surface area contributed by atoms with Gasteiger partial charge in [-0.2, -0.15) is 0 Å². The molecular formula is C5H6FN3O2. The van der Waals surface area contributed by atoms with Gasteiger partial charge in [0, 0.05) is 7.05 Å². The molecule has 0 radical (unpaired) electrons. The summed E-state index contributed by atoms with van der Waals surface area (Å²) < 4.78 is 13.7. The van der Waals surface area contributed by atoms with Gasteiger partial charge in [-0.3, -0.25) is 0 Å². The fraction of sp³-hybridized carbons (Fsp3) is 0.400. The van der Waals surface area contributed by atoms with E-state index in [9.17, 15) is 9.18 Å². The largest absolute Gasteiger partial charge is 0.479 e. The lowest BCUT2D eigenvalue weighted by atomic mass is 10.3. The Hall–Kier alpha value is -1.46. The third kappa shape index (κ3) is 1.34. The molecule has 0 bridgehead atoms. The van der Waals surface area contributed by atoms with Gasteiger partial charge in [0.25, 0.3) is 0 Å². The average Bonchev–Trinajstić information content (AvgIpc) is 2.33. The summed E-state index contributed by atoms with van der Waals surface area (Å²) in [6.07, 6.45) is -0.964. The van der Waals surface area contributed by atoms with Crippen LogP contribution in [0.5, 0.6) is 0 Å². The van der Waals surface area contributed by atoms with Crippen LogP contribution in [-0.2, 0) is 11.8 Å². The third-order valence-corrected chi connectivity index (χ3v) is 1.23. The fourth-order valence-electron chi connectivity index (χ4n) is 0.654. The number of hydrogen-bond donors (Lipinski definition) is 1. The van der Waals surface area contributed by atoms with Crippen LogP contribution in [0.3, 0.4) is 0 Å². The summed E-state index contributed by atoms with van der Waals surface area (Å²) >= 11 is 0. The molecule has 11 heavy (non-hydrogen) atoms. The first-order chi connectivity index (χ1) is 5.13. The third-order valence-electron chi connectivity index (χ3n) is 1.23. The normalized spacial score (nSPS) is 12.9. The van der Waals surface area contributed by atoms with Gasteiger partial charge in [0.05, 0.1) is 6.20 Å². The maximum absolute atomic E-state index is 12.7. The first-order valence-corrected chi connectivity index (χ1v) is 2.84. The van der Waals surface area contributed by atoms with Crippen molar-refractivity contribution in [2.24, 2.45) is 7.05 Å². The molecular weight excluding hydrogens is 153 g/mol. The molecule has 5 nitrogen and oxygen atoms in total. The number of alkyl halides is 1. The minimum Gasteiger partial charge on any atom is -0.479 e. The van der Waals surface area contributed by atoms with Crippen molar-refractivity contribution in [2.45, 2.75) is 6.17 Å². The van der Waals surface area contributed by atoms with E-state index in [1.807, 2.05) is 0 Å². The smallest absolute Gasteiger partial charge is 0.344 e. The molecule has 0 amide bonds. The topological polar surface area (TPSA) is 68.0 Å².